The summed E-state index contributed by atoms with van der Waals surface area (Å²) in [6.45, 7) is 5.80. The van der Waals surface area contributed by atoms with E-state index in [1.807, 2.05) is 0 Å². The molecule has 1 aliphatic heterocycles. The lowest BCUT2D eigenvalue weighted by Gasteiger charge is -2.28. The van der Waals surface area contributed by atoms with Crippen molar-refractivity contribution in [3.05, 3.63) is 29.8 Å². The van der Waals surface area contributed by atoms with Gasteiger partial charge in [-0.15, -0.1) is 0 Å². The highest BCUT2D eigenvalue weighted by atomic mass is 16.3. The lowest BCUT2D eigenvalue weighted by atomic mass is 10.00. The van der Waals surface area contributed by atoms with E-state index in [1.54, 1.807) is 0 Å². The van der Waals surface area contributed by atoms with Gasteiger partial charge in [0.1, 0.15) is 0 Å². The SMILES string of the molecule is CC(C)c1ccccc1N1CCCC1CO. The molecule has 88 valence electrons. The zero-order chi connectivity index (χ0) is 11.5. The van der Waals surface area contributed by atoms with E-state index in [1.165, 1.54) is 17.7 Å². The second-order valence-corrected chi connectivity index (χ2v) is 4.89. The van der Waals surface area contributed by atoms with Crippen molar-refractivity contribution in [2.75, 3.05) is 18.1 Å². The first kappa shape index (κ1) is 11.5. The first-order valence-corrected chi connectivity index (χ1v) is 6.20. The Kier molecular flexibility index (Phi) is 3.49. The highest BCUT2D eigenvalue weighted by Crippen LogP contribution is 2.32. The number of hydrogen-bond donors (Lipinski definition) is 1. The highest BCUT2D eigenvalue weighted by molar-refractivity contribution is 5.56. The number of anilines is 1. The minimum Gasteiger partial charge on any atom is -0.394 e. The fraction of sp³-hybridized carbons (Fsp3) is 0.571. The number of aliphatic hydroxyl groups excluding tert-OH is 1. The molecule has 0 bridgehead atoms. The predicted octanol–water partition coefficient (Wildman–Crippen LogP) is 2.77. The van der Waals surface area contributed by atoms with Crippen LogP contribution in [0.4, 0.5) is 5.69 Å². The van der Waals surface area contributed by atoms with Gasteiger partial charge in [0, 0.05) is 12.2 Å². The number of aliphatic hydroxyl groups is 1. The Hall–Kier alpha value is -1.02. The van der Waals surface area contributed by atoms with Crippen molar-refractivity contribution in [2.24, 2.45) is 0 Å². The standard InChI is InChI=1S/C14H21NO/c1-11(2)13-7-3-4-8-14(13)15-9-5-6-12(15)10-16/h3-4,7-8,11-12,16H,5-6,9-10H2,1-2H3. The van der Waals surface area contributed by atoms with Crippen LogP contribution in [0.2, 0.25) is 0 Å². The number of para-hydroxylation sites is 1. The average Bonchev–Trinajstić information content (AvgIpc) is 2.76. The normalized spacial score (nSPS) is 20.8. The Morgan fingerprint density at radius 2 is 2.12 bits per heavy atom. The van der Waals surface area contributed by atoms with Crippen molar-refractivity contribution in [3.8, 4) is 0 Å². The summed E-state index contributed by atoms with van der Waals surface area (Å²) >= 11 is 0. The molecule has 1 N–H and O–H groups in total. The Labute approximate surface area is 97.9 Å². The Balaban J connectivity index is 2.32. The van der Waals surface area contributed by atoms with Gasteiger partial charge in [-0.2, -0.15) is 0 Å². The molecule has 0 aliphatic carbocycles. The molecule has 1 aromatic rings. The summed E-state index contributed by atoms with van der Waals surface area (Å²) in [6.07, 6.45) is 2.31. The zero-order valence-electron chi connectivity index (χ0n) is 10.2. The van der Waals surface area contributed by atoms with Crippen molar-refractivity contribution in [2.45, 2.75) is 38.6 Å². The van der Waals surface area contributed by atoms with E-state index in [-0.39, 0.29) is 6.61 Å². The van der Waals surface area contributed by atoms with Crippen LogP contribution < -0.4 is 4.90 Å². The minimum absolute atomic E-state index is 0.270. The molecule has 2 heteroatoms. The molecule has 2 nitrogen and oxygen atoms in total. The van der Waals surface area contributed by atoms with Crippen molar-refractivity contribution >= 4 is 5.69 Å². The van der Waals surface area contributed by atoms with Crippen LogP contribution in [-0.2, 0) is 0 Å². The van der Waals surface area contributed by atoms with Crippen LogP contribution in [0.1, 0.15) is 38.2 Å². The summed E-state index contributed by atoms with van der Waals surface area (Å²) in [5.74, 6) is 0.538. The van der Waals surface area contributed by atoms with Gasteiger partial charge in [-0.3, -0.25) is 0 Å². The molecule has 1 unspecified atom stereocenters. The summed E-state index contributed by atoms with van der Waals surface area (Å²) in [5, 5.41) is 9.39. The third kappa shape index (κ3) is 2.07. The largest absolute Gasteiger partial charge is 0.394 e. The molecule has 0 aromatic heterocycles. The van der Waals surface area contributed by atoms with Gasteiger partial charge in [-0.1, -0.05) is 32.0 Å². The minimum atomic E-state index is 0.270. The van der Waals surface area contributed by atoms with E-state index in [0.29, 0.717) is 12.0 Å². The smallest absolute Gasteiger partial charge is 0.0635 e. The van der Waals surface area contributed by atoms with Crippen LogP contribution in [0.5, 0.6) is 0 Å². The third-order valence-electron chi connectivity index (χ3n) is 3.46. The molecular weight excluding hydrogens is 198 g/mol. The molecular formula is C14H21NO. The van der Waals surface area contributed by atoms with E-state index in [9.17, 15) is 5.11 Å². The van der Waals surface area contributed by atoms with Crippen LogP contribution in [0, 0.1) is 0 Å². The summed E-state index contributed by atoms with van der Waals surface area (Å²) < 4.78 is 0. The molecule has 16 heavy (non-hydrogen) atoms. The number of nitrogens with zero attached hydrogens (tertiary/aromatic N) is 1. The van der Waals surface area contributed by atoms with Gasteiger partial charge in [0.05, 0.1) is 12.6 Å². The maximum absolute atomic E-state index is 9.39. The molecule has 1 aromatic carbocycles. The van der Waals surface area contributed by atoms with E-state index in [2.05, 4.69) is 43.0 Å². The van der Waals surface area contributed by atoms with E-state index < -0.39 is 0 Å². The van der Waals surface area contributed by atoms with E-state index in [0.717, 1.165) is 13.0 Å². The average molecular weight is 219 g/mol. The first-order valence-electron chi connectivity index (χ1n) is 6.20. The van der Waals surface area contributed by atoms with Gasteiger partial charge in [-0.05, 0) is 30.4 Å². The first-order chi connectivity index (χ1) is 7.74. The van der Waals surface area contributed by atoms with Crippen molar-refractivity contribution < 1.29 is 5.11 Å². The number of benzene rings is 1. The van der Waals surface area contributed by atoms with Crippen molar-refractivity contribution in [3.63, 3.8) is 0 Å². The quantitative estimate of drug-likeness (QED) is 0.845. The predicted molar refractivity (Wildman–Crippen MR) is 68.0 cm³/mol. The van der Waals surface area contributed by atoms with Crippen LogP contribution in [0.25, 0.3) is 0 Å². The van der Waals surface area contributed by atoms with E-state index in [4.69, 9.17) is 0 Å². The van der Waals surface area contributed by atoms with Crippen LogP contribution in [0.15, 0.2) is 24.3 Å². The van der Waals surface area contributed by atoms with Crippen molar-refractivity contribution in [1.29, 1.82) is 0 Å². The summed E-state index contributed by atoms with van der Waals surface area (Å²) in [4.78, 5) is 2.37. The monoisotopic (exact) mass is 219 g/mol. The second kappa shape index (κ2) is 4.88. The summed E-state index contributed by atoms with van der Waals surface area (Å²) in [5.41, 5.74) is 2.71. The van der Waals surface area contributed by atoms with Gasteiger partial charge in [-0.25, -0.2) is 0 Å². The van der Waals surface area contributed by atoms with Crippen molar-refractivity contribution in [1.82, 2.24) is 0 Å². The Bertz CT molecular complexity index is 348. The van der Waals surface area contributed by atoms with E-state index >= 15 is 0 Å². The zero-order valence-corrected chi connectivity index (χ0v) is 10.2. The maximum Gasteiger partial charge on any atom is 0.0635 e. The molecule has 1 atom stereocenters. The lowest BCUT2D eigenvalue weighted by Crippen LogP contribution is -2.32. The van der Waals surface area contributed by atoms with Gasteiger partial charge in [0.2, 0.25) is 0 Å². The molecule has 1 heterocycles. The van der Waals surface area contributed by atoms with Gasteiger partial charge in [0.15, 0.2) is 0 Å². The van der Waals surface area contributed by atoms with Gasteiger partial charge < -0.3 is 10.0 Å². The van der Waals surface area contributed by atoms with Crippen LogP contribution >= 0.6 is 0 Å². The molecule has 2 rings (SSSR count). The fourth-order valence-electron chi connectivity index (χ4n) is 2.58. The molecule has 1 aliphatic rings. The summed E-state index contributed by atoms with van der Waals surface area (Å²) in [7, 11) is 0. The molecule has 1 saturated heterocycles. The number of rotatable bonds is 3. The third-order valence-corrected chi connectivity index (χ3v) is 3.46. The lowest BCUT2D eigenvalue weighted by molar-refractivity contribution is 0.266. The van der Waals surface area contributed by atoms with Crippen LogP contribution in [-0.4, -0.2) is 24.3 Å². The molecule has 0 radical (unpaired) electrons. The maximum atomic E-state index is 9.39. The molecule has 1 fully saturated rings. The molecule has 0 amide bonds. The van der Waals surface area contributed by atoms with Gasteiger partial charge in [0.25, 0.3) is 0 Å². The second-order valence-electron chi connectivity index (χ2n) is 4.89. The molecule has 0 spiro atoms. The topological polar surface area (TPSA) is 23.5 Å². The van der Waals surface area contributed by atoms with Crippen LogP contribution in [0.3, 0.4) is 0 Å². The van der Waals surface area contributed by atoms with Gasteiger partial charge >= 0.3 is 0 Å². The highest BCUT2D eigenvalue weighted by Gasteiger charge is 2.25. The Morgan fingerprint density at radius 1 is 1.38 bits per heavy atom. The Morgan fingerprint density at radius 3 is 2.81 bits per heavy atom. The summed E-state index contributed by atoms with van der Waals surface area (Å²) in [6, 6.07) is 8.90. The molecule has 0 saturated carbocycles. The fourth-order valence-corrected chi connectivity index (χ4v) is 2.58. The number of hydrogen-bond acceptors (Lipinski definition) is 2.